The molecule has 1 heterocycles. The number of nitrogens with one attached hydrogen (secondary N) is 1. The molecule has 1 fully saturated rings. The van der Waals surface area contributed by atoms with E-state index in [9.17, 15) is 9.59 Å². The highest BCUT2D eigenvalue weighted by Gasteiger charge is 2.37. The summed E-state index contributed by atoms with van der Waals surface area (Å²) in [5, 5.41) is 11.7. The predicted molar refractivity (Wildman–Crippen MR) is 89.9 cm³/mol. The molecule has 1 N–H and O–H groups in total. The largest absolute Gasteiger partial charge is 0.351 e. The van der Waals surface area contributed by atoms with Crippen molar-refractivity contribution in [3.8, 4) is 6.07 Å². The van der Waals surface area contributed by atoms with Crippen molar-refractivity contribution in [2.45, 2.75) is 13.0 Å². The molecule has 120 valence electrons. The number of nitriles is 1. The van der Waals surface area contributed by atoms with Gasteiger partial charge < -0.3 is 10.2 Å². The smallest absolute Gasteiger partial charge is 0.239 e. The van der Waals surface area contributed by atoms with Crippen LogP contribution in [0.25, 0.3) is 0 Å². The number of amides is 2. The van der Waals surface area contributed by atoms with Crippen LogP contribution in [0.3, 0.4) is 0 Å². The Hall–Kier alpha value is -3.13. The molecule has 2 aromatic carbocycles. The van der Waals surface area contributed by atoms with Gasteiger partial charge in [-0.15, -0.1) is 0 Å². The molecule has 1 aliphatic rings. The fourth-order valence-electron chi connectivity index (χ4n) is 2.85. The third-order valence-corrected chi connectivity index (χ3v) is 4.11. The normalized spacial score (nSPS) is 16.7. The van der Waals surface area contributed by atoms with Crippen LogP contribution in [0, 0.1) is 17.2 Å². The number of rotatable bonds is 4. The molecule has 2 amide bonds. The van der Waals surface area contributed by atoms with Crippen molar-refractivity contribution >= 4 is 17.5 Å². The van der Waals surface area contributed by atoms with Crippen LogP contribution in [0.2, 0.25) is 0 Å². The fourth-order valence-corrected chi connectivity index (χ4v) is 2.85. The Labute approximate surface area is 140 Å². The highest BCUT2D eigenvalue weighted by Crippen LogP contribution is 2.25. The molecule has 0 aromatic heterocycles. The molecule has 0 radical (unpaired) electrons. The van der Waals surface area contributed by atoms with Gasteiger partial charge in [0.1, 0.15) is 5.92 Å². The van der Waals surface area contributed by atoms with E-state index in [4.69, 9.17) is 5.26 Å². The van der Waals surface area contributed by atoms with Crippen molar-refractivity contribution < 1.29 is 9.59 Å². The van der Waals surface area contributed by atoms with Gasteiger partial charge in [-0.05, 0) is 36.2 Å². The molecule has 3 rings (SSSR count). The second-order valence-electron chi connectivity index (χ2n) is 5.70. The molecular formula is C19H17N3O2. The standard InChI is InChI=1S/C19H17N3O2/c20-12-14-5-4-6-15(11-14)13-21-18(23)17-9-10-22(19(17)24)16-7-2-1-3-8-16/h1-8,11,17H,9-10,13H2,(H,21,23). The quantitative estimate of drug-likeness (QED) is 0.878. The Balaban J connectivity index is 1.62. The summed E-state index contributed by atoms with van der Waals surface area (Å²) in [6.07, 6.45) is 0.512. The number of hydrogen-bond acceptors (Lipinski definition) is 3. The lowest BCUT2D eigenvalue weighted by molar-refractivity contribution is -0.132. The van der Waals surface area contributed by atoms with Gasteiger partial charge in [0.15, 0.2) is 0 Å². The van der Waals surface area contributed by atoms with Gasteiger partial charge in [-0.1, -0.05) is 30.3 Å². The number of carbonyl (C=O) groups excluding carboxylic acids is 2. The third kappa shape index (κ3) is 3.28. The molecule has 2 aromatic rings. The van der Waals surface area contributed by atoms with Crippen molar-refractivity contribution in [2.75, 3.05) is 11.4 Å². The minimum atomic E-state index is -0.649. The highest BCUT2D eigenvalue weighted by atomic mass is 16.2. The van der Waals surface area contributed by atoms with Crippen LogP contribution in [-0.4, -0.2) is 18.4 Å². The van der Waals surface area contributed by atoms with E-state index in [0.29, 0.717) is 25.1 Å². The second kappa shape index (κ2) is 6.97. The van der Waals surface area contributed by atoms with Gasteiger partial charge in [0, 0.05) is 18.8 Å². The first-order chi connectivity index (χ1) is 11.7. The number of nitrogens with zero attached hydrogens (tertiary/aromatic N) is 2. The van der Waals surface area contributed by atoms with E-state index >= 15 is 0 Å². The summed E-state index contributed by atoms with van der Waals surface area (Å²) in [5.41, 5.74) is 2.21. The van der Waals surface area contributed by atoms with Crippen LogP contribution in [0.5, 0.6) is 0 Å². The molecule has 0 saturated carbocycles. The average molecular weight is 319 g/mol. The van der Waals surface area contributed by atoms with Crippen molar-refractivity contribution in [3.05, 3.63) is 65.7 Å². The molecule has 5 heteroatoms. The fraction of sp³-hybridized carbons (Fsp3) is 0.211. The second-order valence-corrected chi connectivity index (χ2v) is 5.70. The summed E-state index contributed by atoms with van der Waals surface area (Å²) in [6, 6.07) is 18.5. The summed E-state index contributed by atoms with van der Waals surface area (Å²) in [4.78, 5) is 26.5. The highest BCUT2D eigenvalue weighted by molar-refractivity contribution is 6.09. The minimum Gasteiger partial charge on any atom is -0.351 e. The van der Waals surface area contributed by atoms with Crippen molar-refractivity contribution in [1.29, 1.82) is 5.26 Å². The van der Waals surface area contributed by atoms with Gasteiger partial charge in [-0.3, -0.25) is 9.59 Å². The monoisotopic (exact) mass is 319 g/mol. The number of hydrogen-bond donors (Lipinski definition) is 1. The Bertz CT molecular complexity index is 796. The van der Waals surface area contributed by atoms with E-state index in [2.05, 4.69) is 11.4 Å². The first-order valence-corrected chi connectivity index (χ1v) is 7.82. The molecule has 1 aliphatic heterocycles. The van der Waals surface area contributed by atoms with Crippen molar-refractivity contribution in [3.63, 3.8) is 0 Å². The van der Waals surface area contributed by atoms with Crippen LogP contribution < -0.4 is 10.2 Å². The van der Waals surface area contributed by atoms with Gasteiger partial charge in [0.05, 0.1) is 11.6 Å². The van der Waals surface area contributed by atoms with Gasteiger partial charge in [-0.2, -0.15) is 5.26 Å². The maximum Gasteiger partial charge on any atom is 0.239 e. The summed E-state index contributed by atoms with van der Waals surface area (Å²) in [5.74, 6) is -1.07. The Morgan fingerprint density at radius 3 is 2.75 bits per heavy atom. The number of anilines is 1. The zero-order valence-corrected chi connectivity index (χ0v) is 13.1. The minimum absolute atomic E-state index is 0.163. The van der Waals surface area contributed by atoms with Crippen LogP contribution in [0.15, 0.2) is 54.6 Å². The van der Waals surface area contributed by atoms with E-state index in [1.165, 1.54) is 0 Å². The molecule has 1 unspecified atom stereocenters. The van der Waals surface area contributed by atoms with Crippen molar-refractivity contribution in [1.82, 2.24) is 5.32 Å². The van der Waals surface area contributed by atoms with Gasteiger partial charge in [-0.25, -0.2) is 0 Å². The lowest BCUT2D eigenvalue weighted by atomic mass is 10.1. The maximum absolute atomic E-state index is 12.5. The molecule has 1 saturated heterocycles. The summed E-state index contributed by atoms with van der Waals surface area (Å²) >= 11 is 0. The molecular weight excluding hydrogens is 302 g/mol. The van der Waals surface area contributed by atoms with E-state index in [0.717, 1.165) is 11.3 Å². The lowest BCUT2D eigenvalue weighted by Gasteiger charge is -2.16. The molecule has 1 atom stereocenters. The zero-order chi connectivity index (χ0) is 16.9. The van der Waals surface area contributed by atoms with Gasteiger partial charge in [0.2, 0.25) is 11.8 Å². The maximum atomic E-state index is 12.5. The number of para-hydroxylation sites is 1. The Morgan fingerprint density at radius 2 is 2.00 bits per heavy atom. The topological polar surface area (TPSA) is 73.2 Å². The van der Waals surface area contributed by atoms with Crippen LogP contribution in [0.1, 0.15) is 17.5 Å². The van der Waals surface area contributed by atoms with E-state index < -0.39 is 5.92 Å². The average Bonchev–Trinajstić information content (AvgIpc) is 3.02. The van der Waals surface area contributed by atoms with E-state index in [-0.39, 0.29) is 11.8 Å². The van der Waals surface area contributed by atoms with E-state index in [1.807, 2.05) is 36.4 Å². The van der Waals surface area contributed by atoms with Crippen LogP contribution >= 0.6 is 0 Å². The van der Waals surface area contributed by atoms with Gasteiger partial charge in [0.25, 0.3) is 0 Å². The third-order valence-electron chi connectivity index (χ3n) is 4.11. The first kappa shape index (κ1) is 15.8. The lowest BCUT2D eigenvalue weighted by Crippen LogP contribution is -2.36. The molecule has 0 bridgehead atoms. The number of carbonyl (C=O) groups is 2. The molecule has 0 spiro atoms. The Morgan fingerprint density at radius 1 is 1.21 bits per heavy atom. The first-order valence-electron chi connectivity index (χ1n) is 7.82. The Kier molecular flexibility index (Phi) is 4.57. The SMILES string of the molecule is N#Cc1cccc(CNC(=O)C2CCN(c3ccccc3)C2=O)c1. The summed E-state index contributed by atoms with van der Waals surface area (Å²) in [6.45, 7) is 0.855. The van der Waals surface area contributed by atoms with Crippen LogP contribution in [-0.2, 0) is 16.1 Å². The zero-order valence-electron chi connectivity index (χ0n) is 13.1. The van der Waals surface area contributed by atoms with Gasteiger partial charge >= 0.3 is 0 Å². The summed E-state index contributed by atoms with van der Waals surface area (Å²) in [7, 11) is 0. The molecule has 24 heavy (non-hydrogen) atoms. The predicted octanol–water partition coefficient (Wildman–Crippen LogP) is 2.23. The van der Waals surface area contributed by atoms with Crippen molar-refractivity contribution in [2.24, 2.45) is 5.92 Å². The van der Waals surface area contributed by atoms with E-state index in [1.54, 1.807) is 23.1 Å². The molecule has 5 nitrogen and oxygen atoms in total. The number of benzene rings is 2. The summed E-state index contributed by atoms with van der Waals surface area (Å²) < 4.78 is 0. The van der Waals surface area contributed by atoms with Crippen LogP contribution in [0.4, 0.5) is 5.69 Å². The molecule has 0 aliphatic carbocycles.